The molecular weight excluding hydrogens is 286 g/mol. The Bertz CT molecular complexity index is 635. The van der Waals surface area contributed by atoms with Crippen LogP contribution >= 0.6 is 0 Å². The fourth-order valence-electron chi connectivity index (χ4n) is 2.04. The minimum Gasteiger partial charge on any atom is -0.468 e. The van der Waals surface area contributed by atoms with Crippen molar-refractivity contribution in [1.82, 2.24) is 10.2 Å². The van der Waals surface area contributed by atoms with E-state index in [4.69, 9.17) is 4.42 Å². The van der Waals surface area contributed by atoms with E-state index in [0.717, 1.165) is 5.76 Å². The van der Waals surface area contributed by atoms with Gasteiger partial charge in [0.15, 0.2) is 0 Å². The summed E-state index contributed by atoms with van der Waals surface area (Å²) in [5.74, 6) is 0.474. The standard InChI is InChI=1S/C15H17N3O4/c1-17(2)13(14-4-3-9-22-14)10-16-15(19)11-5-7-12(8-6-11)18(20)21/h3-9,13H,10H2,1-2H3,(H,16,19). The maximum atomic E-state index is 12.1. The van der Waals surface area contributed by atoms with Crippen LogP contribution in [-0.4, -0.2) is 36.4 Å². The van der Waals surface area contributed by atoms with Gasteiger partial charge in [0.25, 0.3) is 11.6 Å². The van der Waals surface area contributed by atoms with Crippen LogP contribution in [0.15, 0.2) is 47.1 Å². The first-order valence-corrected chi connectivity index (χ1v) is 6.71. The predicted molar refractivity (Wildman–Crippen MR) is 80.6 cm³/mol. The first-order chi connectivity index (χ1) is 10.5. The van der Waals surface area contributed by atoms with Gasteiger partial charge in [-0.25, -0.2) is 0 Å². The summed E-state index contributed by atoms with van der Waals surface area (Å²) in [6, 6.07) is 9.05. The number of carbonyl (C=O) groups is 1. The highest BCUT2D eigenvalue weighted by atomic mass is 16.6. The number of hydrogen-bond acceptors (Lipinski definition) is 5. The predicted octanol–water partition coefficient (Wildman–Crippen LogP) is 2.22. The average molecular weight is 303 g/mol. The Morgan fingerprint density at radius 2 is 2.00 bits per heavy atom. The zero-order valence-corrected chi connectivity index (χ0v) is 12.4. The zero-order chi connectivity index (χ0) is 16.1. The van der Waals surface area contributed by atoms with E-state index in [1.165, 1.54) is 24.3 Å². The smallest absolute Gasteiger partial charge is 0.269 e. The maximum Gasteiger partial charge on any atom is 0.269 e. The lowest BCUT2D eigenvalue weighted by molar-refractivity contribution is -0.384. The Kier molecular flexibility index (Phi) is 4.90. The molecule has 0 radical (unpaired) electrons. The molecule has 1 unspecified atom stereocenters. The molecule has 0 fully saturated rings. The van der Waals surface area contributed by atoms with Crippen LogP contribution in [0.25, 0.3) is 0 Å². The van der Waals surface area contributed by atoms with Gasteiger partial charge >= 0.3 is 0 Å². The van der Waals surface area contributed by atoms with Crippen molar-refractivity contribution in [3.05, 3.63) is 64.1 Å². The second kappa shape index (κ2) is 6.86. The molecule has 0 bridgehead atoms. The fraction of sp³-hybridized carbons (Fsp3) is 0.267. The first kappa shape index (κ1) is 15.7. The summed E-state index contributed by atoms with van der Waals surface area (Å²) in [6.45, 7) is 0.371. The van der Waals surface area contributed by atoms with Crippen molar-refractivity contribution in [2.75, 3.05) is 20.6 Å². The largest absolute Gasteiger partial charge is 0.468 e. The minimum atomic E-state index is -0.499. The van der Waals surface area contributed by atoms with E-state index in [1.807, 2.05) is 25.1 Å². The van der Waals surface area contributed by atoms with Gasteiger partial charge in [-0.05, 0) is 38.4 Å². The number of nitrogens with zero attached hydrogens (tertiary/aromatic N) is 2. The number of carbonyl (C=O) groups excluding carboxylic acids is 1. The lowest BCUT2D eigenvalue weighted by Crippen LogP contribution is -2.34. The van der Waals surface area contributed by atoms with Gasteiger partial charge in [-0.2, -0.15) is 0 Å². The van der Waals surface area contributed by atoms with Gasteiger partial charge in [-0.1, -0.05) is 0 Å². The third kappa shape index (κ3) is 3.70. The summed E-state index contributed by atoms with van der Waals surface area (Å²) in [6.07, 6.45) is 1.59. The number of hydrogen-bond donors (Lipinski definition) is 1. The molecule has 0 saturated heterocycles. The highest BCUT2D eigenvalue weighted by Crippen LogP contribution is 2.18. The van der Waals surface area contributed by atoms with Crippen molar-refractivity contribution < 1.29 is 14.1 Å². The number of benzene rings is 1. The van der Waals surface area contributed by atoms with Gasteiger partial charge in [-0.3, -0.25) is 19.8 Å². The van der Waals surface area contributed by atoms with Crippen molar-refractivity contribution in [1.29, 1.82) is 0 Å². The highest BCUT2D eigenvalue weighted by Gasteiger charge is 2.18. The van der Waals surface area contributed by atoms with Crippen LogP contribution < -0.4 is 5.32 Å². The lowest BCUT2D eigenvalue weighted by atomic mass is 10.1. The molecule has 1 aromatic heterocycles. The Hall–Kier alpha value is -2.67. The van der Waals surface area contributed by atoms with Crippen LogP contribution in [0.5, 0.6) is 0 Å². The molecule has 0 aliphatic carbocycles. The van der Waals surface area contributed by atoms with E-state index in [1.54, 1.807) is 12.3 Å². The van der Waals surface area contributed by atoms with Crippen molar-refractivity contribution in [2.24, 2.45) is 0 Å². The van der Waals surface area contributed by atoms with E-state index < -0.39 is 4.92 Å². The number of rotatable bonds is 6. The lowest BCUT2D eigenvalue weighted by Gasteiger charge is -2.22. The molecule has 2 aromatic rings. The Morgan fingerprint density at radius 3 is 2.50 bits per heavy atom. The molecule has 7 nitrogen and oxygen atoms in total. The average Bonchev–Trinajstić information content (AvgIpc) is 3.01. The third-order valence-corrected chi connectivity index (χ3v) is 3.29. The fourth-order valence-corrected chi connectivity index (χ4v) is 2.04. The number of non-ortho nitro benzene ring substituents is 1. The van der Waals surface area contributed by atoms with Crippen molar-refractivity contribution in [3.8, 4) is 0 Å². The minimum absolute atomic E-state index is 0.0432. The molecule has 0 saturated carbocycles. The summed E-state index contributed by atoms with van der Waals surface area (Å²) in [7, 11) is 3.79. The van der Waals surface area contributed by atoms with Crippen molar-refractivity contribution >= 4 is 11.6 Å². The SMILES string of the molecule is CN(C)C(CNC(=O)c1ccc([N+](=O)[O-])cc1)c1ccco1. The second-order valence-corrected chi connectivity index (χ2v) is 5.01. The maximum absolute atomic E-state index is 12.1. The van der Waals surface area contributed by atoms with Crippen LogP contribution in [0.3, 0.4) is 0 Å². The molecule has 2 rings (SSSR count). The summed E-state index contributed by atoms with van der Waals surface area (Å²) >= 11 is 0. The number of nitrogens with one attached hydrogen (secondary N) is 1. The molecule has 116 valence electrons. The molecule has 1 N–H and O–H groups in total. The number of nitro groups is 1. The van der Waals surface area contributed by atoms with E-state index >= 15 is 0 Å². The number of amides is 1. The van der Waals surface area contributed by atoms with Crippen LogP contribution in [0.1, 0.15) is 22.2 Å². The molecule has 22 heavy (non-hydrogen) atoms. The van der Waals surface area contributed by atoms with E-state index in [2.05, 4.69) is 5.32 Å². The molecule has 1 aromatic carbocycles. The quantitative estimate of drug-likeness (QED) is 0.653. The van der Waals surface area contributed by atoms with Gasteiger partial charge in [0.2, 0.25) is 0 Å². The van der Waals surface area contributed by atoms with Crippen LogP contribution in [0.2, 0.25) is 0 Å². The molecule has 7 heteroatoms. The van der Waals surface area contributed by atoms with Crippen LogP contribution in [-0.2, 0) is 0 Å². The van der Waals surface area contributed by atoms with E-state index in [0.29, 0.717) is 12.1 Å². The molecule has 1 atom stereocenters. The van der Waals surface area contributed by atoms with Gasteiger partial charge in [0.1, 0.15) is 5.76 Å². The monoisotopic (exact) mass is 303 g/mol. The van der Waals surface area contributed by atoms with Crippen LogP contribution in [0, 0.1) is 10.1 Å². The summed E-state index contributed by atoms with van der Waals surface area (Å²) < 4.78 is 5.37. The molecule has 1 heterocycles. The van der Waals surface area contributed by atoms with Crippen molar-refractivity contribution in [3.63, 3.8) is 0 Å². The first-order valence-electron chi connectivity index (χ1n) is 6.71. The normalized spacial score (nSPS) is 12.1. The molecule has 0 aliphatic heterocycles. The molecule has 0 aliphatic rings. The van der Waals surface area contributed by atoms with E-state index in [-0.39, 0.29) is 17.6 Å². The highest BCUT2D eigenvalue weighted by molar-refractivity contribution is 5.94. The second-order valence-electron chi connectivity index (χ2n) is 5.01. The Morgan fingerprint density at radius 1 is 1.32 bits per heavy atom. The summed E-state index contributed by atoms with van der Waals surface area (Å²) in [5, 5.41) is 13.4. The Balaban J connectivity index is 2.00. The Labute approximate surface area is 127 Å². The topological polar surface area (TPSA) is 88.6 Å². The van der Waals surface area contributed by atoms with Gasteiger partial charge in [0, 0.05) is 24.2 Å². The van der Waals surface area contributed by atoms with Gasteiger partial charge < -0.3 is 9.73 Å². The summed E-state index contributed by atoms with van der Waals surface area (Å²) in [5.41, 5.74) is 0.334. The molecular formula is C15H17N3O4. The molecule has 0 spiro atoms. The van der Waals surface area contributed by atoms with Gasteiger partial charge in [-0.15, -0.1) is 0 Å². The number of furan rings is 1. The van der Waals surface area contributed by atoms with Gasteiger partial charge in [0.05, 0.1) is 17.2 Å². The third-order valence-electron chi connectivity index (χ3n) is 3.29. The number of nitro benzene ring substituents is 1. The summed E-state index contributed by atoms with van der Waals surface area (Å²) in [4.78, 5) is 24.1. The van der Waals surface area contributed by atoms with Crippen molar-refractivity contribution in [2.45, 2.75) is 6.04 Å². The van der Waals surface area contributed by atoms with Crippen LogP contribution in [0.4, 0.5) is 5.69 Å². The van der Waals surface area contributed by atoms with E-state index in [9.17, 15) is 14.9 Å². The number of likely N-dealkylation sites (N-methyl/N-ethyl adjacent to an activating group) is 1. The molecule has 1 amide bonds. The zero-order valence-electron chi connectivity index (χ0n) is 12.4.